The van der Waals surface area contributed by atoms with Crippen LogP contribution in [0.25, 0.3) is 0 Å². The van der Waals surface area contributed by atoms with E-state index in [0.29, 0.717) is 6.54 Å². The van der Waals surface area contributed by atoms with Crippen LogP contribution in [0.4, 0.5) is 5.69 Å². The molecule has 1 aliphatic heterocycles. The Morgan fingerprint density at radius 1 is 1.08 bits per heavy atom. The van der Waals surface area contributed by atoms with Gasteiger partial charge in [0.15, 0.2) is 0 Å². The minimum atomic E-state index is -0.554. The van der Waals surface area contributed by atoms with Crippen molar-refractivity contribution in [2.75, 3.05) is 44.7 Å². The van der Waals surface area contributed by atoms with Crippen LogP contribution in [0.5, 0.6) is 5.75 Å². The van der Waals surface area contributed by atoms with Crippen LogP contribution < -0.4 is 15.5 Å². The summed E-state index contributed by atoms with van der Waals surface area (Å²) in [5.41, 5.74) is 2.07. The number of benzene rings is 2. The molecule has 5 heteroatoms. The maximum Gasteiger partial charge on any atom is 0.115 e. The van der Waals surface area contributed by atoms with Gasteiger partial charge in [-0.1, -0.05) is 30.3 Å². The predicted molar refractivity (Wildman–Crippen MR) is 98.5 cm³/mol. The van der Waals surface area contributed by atoms with Gasteiger partial charge in [0.1, 0.15) is 5.75 Å². The smallest absolute Gasteiger partial charge is 0.115 e. The number of hydrogen-bond acceptors (Lipinski definition) is 5. The first-order valence-electron chi connectivity index (χ1n) is 8.33. The van der Waals surface area contributed by atoms with Crippen LogP contribution in [-0.4, -0.2) is 50.0 Å². The highest BCUT2D eigenvalue weighted by Crippen LogP contribution is 2.17. The topological polar surface area (TPSA) is 67.8 Å². The number of likely N-dealkylation sites (N-methyl/N-ethyl adjacent to an activating group) is 1. The first-order chi connectivity index (χ1) is 11.7. The minimum absolute atomic E-state index is 0.183. The van der Waals surface area contributed by atoms with Gasteiger partial charge in [-0.25, -0.2) is 0 Å². The van der Waals surface area contributed by atoms with Crippen molar-refractivity contribution in [3.63, 3.8) is 0 Å². The van der Waals surface area contributed by atoms with E-state index >= 15 is 0 Å². The normalized spacial score (nSPS) is 15.3. The van der Waals surface area contributed by atoms with Crippen LogP contribution in [0.15, 0.2) is 54.6 Å². The molecule has 0 bridgehead atoms. The molecule has 0 saturated carbocycles. The van der Waals surface area contributed by atoms with E-state index in [9.17, 15) is 5.11 Å². The molecule has 24 heavy (non-hydrogen) atoms. The first-order valence-corrected chi connectivity index (χ1v) is 8.33. The maximum atomic E-state index is 9.47. The van der Waals surface area contributed by atoms with E-state index in [4.69, 9.17) is 5.11 Å². The lowest BCUT2D eigenvalue weighted by Crippen LogP contribution is -2.43. The third kappa shape index (κ3) is 5.85. The molecule has 2 aromatic carbocycles. The van der Waals surface area contributed by atoms with Crippen molar-refractivity contribution < 1.29 is 10.2 Å². The molecule has 0 radical (unpaired) electrons. The number of para-hydroxylation sites is 1. The molecule has 3 rings (SSSR count). The molecule has 1 heterocycles. The van der Waals surface area contributed by atoms with Gasteiger partial charge in [0.25, 0.3) is 0 Å². The van der Waals surface area contributed by atoms with Gasteiger partial charge in [-0.3, -0.25) is 0 Å². The average Bonchev–Trinajstić information content (AvgIpc) is 2.64. The van der Waals surface area contributed by atoms with Crippen molar-refractivity contribution >= 4 is 5.69 Å². The lowest BCUT2D eigenvalue weighted by atomic mass is 10.1. The Kier molecular flexibility index (Phi) is 7.55. The molecule has 130 valence electrons. The SMILES string of the molecule is CNC[C@H](O)c1cccc(O)c1.c1ccc(N2CCNCC2)cc1. The number of phenolic OH excluding ortho intramolecular Hbond substituents is 1. The minimum Gasteiger partial charge on any atom is -0.508 e. The van der Waals surface area contributed by atoms with E-state index in [1.54, 1.807) is 31.3 Å². The van der Waals surface area contributed by atoms with E-state index in [1.165, 1.54) is 5.69 Å². The Balaban J connectivity index is 0.000000174. The number of aliphatic hydroxyl groups is 1. The highest BCUT2D eigenvalue weighted by molar-refractivity contribution is 5.46. The highest BCUT2D eigenvalue weighted by Gasteiger charge is 2.08. The Hall–Kier alpha value is -2.08. The molecule has 5 nitrogen and oxygen atoms in total. The van der Waals surface area contributed by atoms with Gasteiger partial charge >= 0.3 is 0 Å². The van der Waals surface area contributed by atoms with Gasteiger partial charge < -0.3 is 25.7 Å². The Labute approximate surface area is 143 Å². The molecule has 0 amide bonds. The Morgan fingerprint density at radius 3 is 2.42 bits per heavy atom. The van der Waals surface area contributed by atoms with E-state index in [2.05, 4.69) is 45.9 Å². The fraction of sp³-hybridized carbons (Fsp3) is 0.368. The number of nitrogens with one attached hydrogen (secondary N) is 2. The van der Waals surface area contributed by atoms with Crippen molar-refractivity contribution in [2.45, 2.75) is 6.10 Å². The summed E-state index contributed by atoms with van der Waals surface area (Å²) < 4.78 is 0. The van der Waals surface area contributed by atoms with Gasteiger partial charge in [-0.2, -0.15) is 0 Å². The molecule has 0 aliphatic carbocycles. The molecular weight excluding hydrogens is 302 g/mol. The molecule has 0 aromatic heterocycles. The van der Waals surface area contributed by atoms with E-state index in [-0.39, 0.29) is 5.75 Å². The standard InChI is InChI=1S/C10H14N2.C9H13NO2/c1-2-4-10(5-3-1)12-8-6-11-7-9-12;1-10-6-9(12)7-3-2-4-8(11)5-7/h1-5,11H,6-9H2;2-5,9-12H,6H2,1H3/t;9-/m.0/s1. The number of nitrogens with zero attached hydrogens (tertiary/aromatic N) is 1. The molecule has 1 aliphatic rings. The summed E-state index contributed by atoms with van der Waals surface area (Å²) in [4.78, 5) is 2.41. The van der Waals surface area contributed by atoms with Crippen LogP contribution in [-0.2, 0) is 0 Å². The Morgan fingerprint density at radius 2 is 1.79 bits per heavy atom. The summed E-state index contributed by atoms with van der Waals surface area (Å²) in [6.07, 6.45) is -0.554. The zero-order valence-electron chi connectivity index (χ0n) is 14.2. The van der Waals surface area contributed by atoms with Crippen molar-refractivity contribution in [2.24, 2.45) is 0 Å². The lowest BCUT2D eigenvalue weighted by molar-refractivity contribution is 0.177. The van der Waals surface area contributed by atoms with Crippen molar-refractivity contribution in [3.05, 3.63) is 60.2 Å². The number of piperazine rings is 1. The molecule has 4 N–H and O–H groups in total. The second kappa shape index (κ2) is 9.93. The lowest BCUT2D eigenvalue weighted by Gasteiger charge is -2.29. The van der Waals surface area contributed by atoms with Crippen molar-refractivity contribution in [1.82, 2.24) is 10.6 Å². The first kappa shape index (κ1) is 18.3. The summed E-state index contributed by atoms with van der Waals surface area (Å²) >= 11 is 0. The average molecular weight is 329 g/mol. The maximum absolute atomic E-state index is 9.47. The molecule has 1 saturated heterocycles. The molecule has 1 fully saturated rings. The number of hydrogen-bond donors (Lipinski definition) is 4. The van der Waals surface area contributed by atoms with Crippen LogP contribution in [0.1, 0.15) is 11.7 Å². The predicted octanol–water partition coefficient (Wildman–Crippen LogP) is 1.74. The molecular formula is C19H27N3O2. The third-order valence-corrected chi connectivity index (χ3v) is 3.89. The van der Waals surface area contributed by atoms with Gasteiger partial charge in [-0.15, -0.1) is 0 Å². The zero-order valence-corrected chi connectivity index (χ0v) is 14.2. The second-order valence-corrected chi connectivity index (χ2v) is 5.74. The van der Waals surface area contributed by atoms with Crippen LogP contribution in [0.3, 0.4) is 0 Å². The zero-order chi connectivity index (χ0) is 17.2. The summed E-state index contributed by atoms with van der Waals surface area (Å²) in [5.74, 6) is 0.183. The summed E-state index contributed by atoms with van der Waals surface area (Å²) in [6, 6.07) is 17.2. The summed E-state index contributed by atoms with van der Waals surface area (Å²) in [7, 11) is 1.77. The molecule has 0 spiro atoms. The van der Waals surface area contributed by atoms with Crippen LogP contribution >= 0.6 is 0 Å². The summed E-state index contributed by atoms with van der Waals surface area (Å²) in [6.45, 7) is 4.96. The molecule has 2 aromatic rings. The number of anilines is 1. The van der Waals surface area contributed by atoms with Gasteiger partial charge in [0, 0.05) is 38.4 Å². The second-order valence-electron chi connectivity index (χ2n) is 5.74. The largest absolute Gasteiger partial charge is 0.508 e. The third-order valence-electron chi connectivity index (χ3n) is 3.89. The van der Waals surface area contributed by atoms with Crippen LogP contribution in [0, 0.1) is 0 Å². The highest BCUT2D eigenvalue weighted by atomic mass is 16.3. The van der Waals surface area contributed by atoms with E-state index in [0.717, 1.165) is 31.7 Å². The summed E-state index contributed by atoms with van der Waals surface area (Å²) in [5, 5.41) is 24.8. The number of rotatable bonds is 4. The fourth-order valence-corrected chi connectivity index (χ4v) is 2.61. The van der Waals surface area contributed by atoms with Crippen molar-refractivity contribution in [1.29, 1.82) is 0 Å². The van der Waals surface area contributed by atoms with E-state index in [1.807, 2.05) is 0 Å². The van der Waals surface area contributed by atoms with E-state index < -0.39 is 6.10 Å². The molecule has 1 atom stereocenters. The van der Waals surface area contributed by atoms with Gasteiger partial charge in [0.05, 0.1) is 6.10 Å². The quantitative estimate of drug-likeness (QED) is 0.688. The van der Waals surface area contributed by atoms with Gasteiger partial charge in [-0.05, 0) is 36.9 Å². The fourth-order valence-electron chi connectivity index (χ4n) is 2.61. The van der Waals surface area contributed by atoms with Crippen molar-refractivity contribution in [3.8, 4) is 5.75 Å². The number of aromatic hydroxyl groups is 1. The van der Waals surface area contributed by atoms with Gasteiger partial charge in [0.2, 0.25) is 0 Å². The Bertz CT molecular complexity index is 586. The number of phenols is 1. The number of aliphatic hydroxyl groups excluding tert-OH is 1. The monoisotopic (exact) mass is 329 g/mol. The van der Waals surface area contributed by atoms with Crippen LogP contribution in [0.2, 0.25) is 0 Å². The molecule has 0 unspecified atom stereocenters.